The number of halogens is 1. The van der Waals surface area contributed by atoms with Gasteiger partial charge in [0.05, 0.1) is 16.9 Å². The number of sulfonamides is 1. The molecule has 15 nitrogen and oxygen atoms in total. The van der Waals surface area contributed by atoms with E-state index in [0.29, 0.717) is 36.0 Å². The van der Waals surface area contributed by atoms with Crippen molar-refractivity contribution in [2.75, 3.05) is 33.2 Å². The molecule has 2 aliphatic carbocycles. The standard InChI is InChI=1S/C42H57FN6O9S/c1-6-25(2)42(4,39(52)47-59(54,55)41(3)17-18-41)46-37(51)32-22-28-24-49(32)34(50)23-44-40(53)58-33-21-26(33)11-8-7-9-12-30-36(56-27-15-19-48(5)20-16-27)29-13-10-14-31(43)35(29)45-38(30)57-28/h6,10,13-14,25-28,32-33H,1,7-9,11-12,15-24H2,2-5H3,(H,44,53)(H,46,51)(H,47,52). The molecule has 6 unspecified atom stereocenters. The summed E-state index contributed by atoms with van der Waals surface area (Å²) in [6, 6.07) is 3.54. The second-order valence-electron chi connectivity index (χ2n) is 17.5. The van der Waals surface area contributed by atoms with Crippen molar-refractivity contribution in [1.29, 1.82) is 0 Å². The number of hydrogen-bond acceptors (Lipinski definition) is 11. The average molecular weight is 841 g/mol. The number of carbonyl (C=O) groups is 4. The number of aromatic nitrogens is 1. The lowest BCUT2D eigenvalue weighted by Crippen LogP contribution is -2.64. The maximum atomic E-state index is 15.6. The molecule has 6 atom stereocenters. The number of pyridine rings is 1. The second-order valence-corrected chi connectivity index (χ2v) is 19.7. The molecule has 1 aromatic carbocycles. The highest BCUT2D eigenvalue weighted by Gasteiger charge is 2.53. The van der Waals surface area contributed by atoms with Gasteiger partial charge in [0, 0.05) is 30.8 Å². The van der Waals surface area contributed by atoms with E-state index in [1.165, 1.54) is 24.0 Å². The number of benzene rings is 1. The van der Waals surface area contributed by atoms with Crippen LogP contribution in [-0.2, 0) is 35.6 Å². The van der Waals surface area contributed by atoms with E-state index in [4.69, 9.17) is 19.2 Å². The molecule has 4 amide bonds. The Morgan fingerprint density at radius 2 is 1.88 bits per heavy atom. The first-order chi connectivity index (χ1) is 28.0. The van der Waals surface area contributed by atoms with Crippen molar-refractivity contribution in [3.05, 3.63) is 42.2 Å². The second kappa shape index (κ2) is 16.9. The fraction of sp³-hybridized carbons (Fsp3) is 0.643. The highest BCUT2D eigenvalue weighted by Crippen LogP contribution is 2.43. The number of carbonyl (C=O) groups excluding carboxylic acids is 4. The summed E-state index contributed by atoms with van der Waals surface area (Å²) in [5, 5.41) is 5.81. The van der Waals surface area contributed by atoms with Crippen LogP contribution in [0.25, 0.3) is 10.9 Å². The van der Waals surface area contributed by atoms with E-state index in [1.54, 1.807) is 26.0 Å². The SMILES string of the molecule is C=CC(C)C(C)(NC(=O)C1CC2CN1C(=O)CNC(=O)OC1CC1CCCCCc1c(nc3c(F)cccc3c1OC1CCN(C)CC1)O2)C(=O)NS(=O)(=O)C1(C)CC1. The zero-order chi connectivity index (χ0) is 42.3. The van der Waals surface area contributed by atoms with E-state index in [9.17, 15) is 27.6 Å². The van der Waals surface area contributed by atoms with Crippen molar-refractivity contribution in [3.63, 3.8) is 0 Å². The molecule has 5 aliphatic rings. The monoisotopic (exact) mass is 840 g/mol. The number of likely N-dealkylation sites (tertiary alicyclic amines) is 1. The third kappa shape index (κ3) is 9.15. The number of fused-ring (bicyclic) bond motifs is 5. The summed E-state index contributed by atoms with van der Waals surface area (Å²) in [7, 11) is -2.00. The van der Waals surface area contributed by atoms with Gasteiger partial charge in [-0.05, 0) is 90.3 Å². The number of amides is 4. The van der Waals surface area contributed by atoms with Gasteiger partial charge in [-0.15, -0.1) is 6.58 Å². The molecular weight excluding hydrogens is 784 g/mol. The van der Waals surface area contributed by atoms with Gasteiger partial charge >= 0.3 is 6.09 Å². The number of nitrogens with zero attached hydrogens (tertiary/aromatic N) is 3. The summed E-state index contributed by atoms with van der Waals surface area (Å²) in [6.45, 7) is 9.47. The topological polar surface area (TPSA) is 186 Å². The summed E-state index contributed by atoms with van der Waals surface area (Å²) < 4.78 is 62.0. The average Bonchev–Trinajstić information content (AvgIpc) is 4.10. The predicted octanol–water partition coefficient (Wildman–Crippen LogP) is 4.12. The molecule has 2 bridgehead atoms. The zero-order valence-corrected chi connectivity index (χ0v) is 35.2. The van der Waals surface area contributed by atoms with Crippen LogP contribution in [0.15, 0.2) is 30.9 Å². The molecule has 2 saturated heterocycles. The highest BCUT2D eigenvalue weighted by molar-refractivity contribution is 7.91. The Morgan fingerprint density at radius 3 is 2.59 bits per heavy atom. The molecule has 4 fully saturated rings. The Kier molecular flexibility index (Phi) is 12.2. The van der Waals surface area contributed by atoms with E-state index in [2.05, 4.69) is 33.9 Å². The number of alkyl carbamates (subject to hydrolysis) is 1. The van der Waals surface area contributed by atoms with E-state index >= 15 is 4.39 Å². The van der Waals surface area contributed by atoms with E-state index < -0.39 is 74.5 Å². The van der Waals surface area contributed by atoms with E-state index in [-0.39, 0.29) is 42.5 Å². The summed E-state index contributed by atoms with van der Waals surface area (Å²) in [4.78, 5) is 63.1. The fourth-order valence-corrected chi connectivity index (χ4v) is 9.60. The first-order valence-electron chi connectivity index (χ1n) is 20.9. The summed E-state index contributed by atoms with van der Waals surface area (Å²) in [5.74, 6) is -2.72. The Labute approximate surface area is 345 Å². The van der Waals surface area contributed by atoms with Crippen molar-refractivity contribution in [2.45, 2.75) is 126 Å². The molecule has 0 radical (unpaired) electrons. The van der Waals surface area contributed by atoms with Crippen molar-refractivity contribution in [1.82, 2.24) is 30.1 Å². The quantitative estimate of drug-likeness (QED) is 0.309. The molecule has 1 aromatic heterocycles. The number of rotatable bonds is 9. The Morgan fingerprint density at radius 1 is 1.14 bits per heavy atom. The summed E-state index contributed by atoms with van der Waals surface area (Å²) in [6.07, 6.45) is 6.44. The van der Waals surface area contributed by atoms with E-state index in [0.717, 1.165) is 58.0 Å². The largest absolute Gasteiger partial charge is 0.489 e. The van der Waals surface area contributed by atoms with Gasteiger partial charge in [0.25, 0.3) is 5.91 Å². The van der Waals surface area contributed by atoms with Crippen molar-refractivity contribution in [3.8, 4) is 11.6 Å². The first-order valence-corrected chi connectivity index (χ1v) is 22.4. The maximum Gasteiger partial charge on any atom is 0.407 e. The van der Waals surface area contributed by atoms with Crippen molar-refractivity contribution >= 4 is 44.7 Å². The van der Waals surface area contributed by atoms with Crippen LogP contribution in [0.2, 0.25) is 0 Å². The van der Waals surface area contributed by atoms with Gasteiger partial charge in [-0.3, -0.25) is 19.1 Å². The van der Waals surface area contributed by atoms with Crippen molar-refractivity contribution < 1.29 is 46.2 Å². The van der Waals surface area contributed by atoms with Crippen LogP contribution in [0.5, 0.6) is 11.6 Å². The number of hydrogen-bond donors (Lipinski definition) is 3. The minimum Gasteiger partial charge on any atom is -0.489 e. The molecule has 59 heavy (non-hydrogen) atoms. The van der Waals surface area contributed by atoms with Gasteiger partial charge < -0.3 is 34.6 Å². The van der Waals surface area contributed by atoms with Gasteiger partial charge in [-0.25, -0.2) is 22.6 Å². The molecule has 4 heterocycles. The van der Waals surface area contributed by atoms with Crippen LogP contribution in [0.3, 0.4) is 0 Å². The molecule has 7 rings (SSSR count). The minimum atomic E-state index is -4.07. The summed E-state index contributed by atoms with van der Waals surface area (Å²) >= 11 is 0. The van der Waals surface area contributed by atoms with Gasteiger partial charge in [0.15, 0.2) is 0 Å². The molecule has 3 N–H and O–H groups in total. The van der Waals surface area contributed by atoms with Crippen LogP contribution in [0, 0.1) is 17.7 Å². The molecule has 3 aliphatic heterocycles. The fourth-order valence-electron chi connectivity index (χ4n) is 8.26. The van der Waals surface area contributed by atoms with Crippen LogP contribution >= 0.6 is 0 Å². The zero-order valence-electron chi connectivity index (χ0n) is 34.4. The molecule has 17 heteroatoms. The Hall–Kier alpha value is -4.51. The first kappa shape index (κ1) is 42.6. The molecule has 2 aromatic rings. The third-order valence-corrected chi connectivity index (χ3v) is 15.2. The van der Waals surface area contributed by atoms with Gasteiger partial charge in [0.2, 0.25) is 27.7 Å². The lowest BCUT2D eigenvalue weighted by atomic mass is 9.86. The minimum absolute atomic E-state index is 0.0656. The Balaban J connectivity index is 1.22. The normalized spacial score (nSPS) is 26.9. The lowest BCUT2D eigenvalue weighted by Gasteiger charge is -2.35. The number of piperidine rings is 1. The van der Waals surface area contributed by atoms with Crippen LogP contribution < -0.4 is 24.8 Å². The Bertz CT molecular complexity index is 2090. The van der Waals surface area contributed by atoms with Crippen LogP contribution in [0.1, 0.15) is 90.5 Å². The third-order valence-electron chi connectivity index (χ3n) is 13.0. The predicted molar refractivity (Wildman–Crippen MR) is 217 cm³/mol. The van der Waals surface area contributed by atoms with Gasteiger partial charge in [-0.2, -0.15) is 0 Å². The molecule has 2 saturated carbocycles. The van der Waals surface area contributed by atoms with E-state index in [1.807, 2.05) is 0 Å². The summed E-state index contributed by atoms with van der Waals surface area (Å²) in [5.41, 5.74) is -1.04. The van der Waals surface area contributed by atoms with Crippen LogP contribution in [-0.4, -0.2) is 115 Å². The number of nitrogens with one attached hydrogen (secondary N) is 3. The molecular formula is C42H57FN6O9S. The molecule has 322 valence electrons. The highest BCUT2D eigenvalue weighted by atomic mass is 32.2. The van der Waals surface area contributed by atoms with Gasteiger partial charge in [-0.1, -0.05) is 31.9 Å². The lowest BCUT2D eigenvalue weighted by molar-refractivity contribution is -0.140. The van der Waals surface area contributed by atoms with Gasteiger partial charge in [0.1, 0.15) is 53.5 Å². The number of ether oxygens (including phenoxy) is 3. The molecule has 0 spiro atoms. The smallest absolute Gasteiger partial charge is 0.407 e. The maximum absolute atomic E-state index is 15.6. The van der Waals surface area contributed by atoms with Crippen molar-refractivity contribution in [2.24, 2.45) is 11.8 Å². The number of para-hydroxylation sites is 1. The van der Waals surface area contributed by atoms with Crippen LogP contribution in [0.4, 0.5) is 9.18 Å².